The first kappa shape index (κ1) is 6.72. The van der Waals surface area contributed by atoms with Crippen LogP contribution in [0.1, 0.15) is 86.0 Å². The largest absolute Gasteiger partial charge is 0.295 e. The van der Waals surface area contributed by atoms with E-state index in [0.29, 0.717) is 0 Å². The Morgan fingerprint density at radius 2 is 2.23 bits per heavy atom. The lowest BCUT2D eigenvalue weighted by Crippen LogP contribution is -2.49. The fraction of sp³-hybridized carbons (Fsp3) is 0.583. The Balaban J connectivity index is 1.87. The van der Waals surface area contributed by atoms with Crippen LogP contribution in [0.5, 0.6) is 0 Å². The number of fused-ring (bicyclic) bond motifs is 5. The summed E-state index contributed by atoms with van der Waals surface area (Å²) in [5.74, 6) is -5.34. The SMILES string of the molecule is [2H]C1=C(c2c([2H])nc([2H])c([2H])c2[2H])[C@@]2(C([2H])([2H])[2H])CCC3C(C2C1([2H])[2H])C([2H])([2H])C([2H])C1=CC(=O)CC[C@@]13C([2H])([2H])[2H]. The van der Waals surface area contributed by atoms with Crippen LogP contribution in [0.3, 0.4) is 0 Å². The molecule has 0 aliphatic heterocycles. The van der Waals surface area contributed by atoms with Crippen molar-refractivity contribution in [2.24, 2.45) is 28.6 Å². The molecule has 5 rings (SSSR count). The summed E-state index contributed by atoms with van der Waals surface area (Å²) in [6.45, 7) is -6.03. The molecule has 0 radical (unpaired) electrons. The monoisotopic (exact) mass is 363 g/mol. The summed E-state index contributed by atoms with van der Waals surface area (Å²) < 4.78 is 139. The van der Waals surface area contributed by atoms with Gasteiger partial charge in [0.1, 0.15) is 0 Å². The van der Waals surface area contributed by atoms with Crippen molar-refractivity contribution in [2.75, 3.05) is 0 Å². The van der Waals surface area contributed by atoms with E-state index < -0.39 is 115 Å². The smallest absolute Gasteiger partial charge is 0.155 e. The molecular weight excluding hydrogens is 318 g/mol. The summed E-state index contributed by atoms with van der Waals surface area (Å²) in [5, 5.41) is 0. The third-order valence-corrected chi connectivity index (χ3v) is 6.35. The van der Waals surface area contributed by atoms with Crippen molar-refractivity contribution in [1.29, 1.82) is 0 Å². The number of carbonyl (C=O) groups is 1. The molecule has 0 saturated heterocycles. The van der Waals surface area contributed by atoms with E-state index in [-0.39, 0.29) is 24.8 Å². The molecule has 2 heteroatoms. The van der Waals surface area contributed by atoms with E-state index >= 15 is 0 Å². The Morgan fingerprint density at radius 1 is 1.31 bits per heavy atom. The molecule has 26 heavy (non-hydrogen) atoms. The summed E-state index contributed by atoms with van der Waals surface area (Å²) in [5.41, 5.74) is -5.72. The molecule has 1 aromatic rings. The second-order valence-electron chi connectivity index (χ2n) is 7.57. The maximum Gasteiger partial charge on any atom is 0.155 e. The van der Waals surface area contributed by atoms with Crippen LogP contribution in [-0.4, -0.2) is 10.8 Å². The number of ketones is 1. The number of nitrogens with zero attached hydrogens (tertiary/aromatic N) is 1. The molecular formula is C24H29NO. The molecule has 1 heterocycles. The number of pyridine rings is 1. The van der Waals surface area contributed by atoms with E-state index in [4.69, 9.17) is 21.9 Å². The van der Waals surface area contributed by atoms with Crippen LogP contribution in [0, 0.1) is 28.6 Å². The van der Waals surface area contributed by atoms with Gasteiger partial charge in [0.2, 0.25) is 0 Å². The first-order valence-electron chi connectivity index (χ1n) is 16.9. The summed E-state index contributed by atoms with van der Waals surface area (Å²) in [4.78, 5) is 16.1. The average Bonchev–Trinajstić information content (AvgIpc) is 3.04. The number of allylic oxidation sites excluding steroid dienone is 4. The van der Waals surface area contributed by atoms with Gasteiger partial charge in [-0.25, -0.2) is 0 Å². The van der Waals surface area contributed by atoms with E-state index in [2.05, 4.69) is 4.98 Å². The molecule has 2 fully saturated rings. The number of hydrogen-bond acceptors (Lipinski definition) is 2. The molecule has 0 aromatic carbocycles. The van der Waals surface area contributed by atoms with Crippen LogP contribution in [-0.2, 0) is 4.79 Å². The fourth-order valence-corrected chi connectivity index (χ4v) is 5.01. The Bertz CT molecular complexity index is 1440. The predicted molar refractivity (Wildman–Crippen MR) is 104 cm³/mol. The minimum Gasteiger partial charge on any atom is -0.295 e. The quantitative estimate of drug-likeness (QED) is 0.649. The third-order valence-electron chi connectivity index (χ3n) is 6.35. The van der Waals surface area contributed by atoms with Gasteiger partial charge in [-0.1, -0.05) is 31.4 Å². The molecule has 0 bridgehead atoms. The second kappa shape index (κ2) is 5.65. The molecule has 4 aliphatic rings. The summed E-state index contributed by atoms with van der Waals surface area (Å²) in [6.07, 6.45) is -9.35. The lowest BCUT2D eigenvalue weighted by Gasteiger charge is -2.57. The molecule has 2 nitrogen and oxygen atoms in total. The lowest BCUT2D eigenvalue weighted by molar-refractivity contribution is -0.117. The summed E-state index contributed by atoms with van der Waals surface area (Å²) in [6, 6.07) is -2.49. The topological polar surface area (TPSA) is 30.0 Å². The van der Waals surface area contributed by atoms with Crippen LogP contribution in [0.4, 0.5) is 0 Å². The van der Waals surface area contributed by atoms with Gasteiger partial charge in [0, 0.05) is 33.8 Å². The van der Waals surface area contributed by atoms with Crippen molar-refractivity contribution < 1.29 is 26.7 Å². The van der Waals surface area contributed by atoms with Gasteiger partial charge in [-0.05, 0) is 90.2 Å². The molecule has 6 atom stereocenters. The molecule has 2 saturated carbocycles. The second-order valence-corrected chi connectivity index (χ2v) is 7.57. The van der Waals surface area contributed by atoms with Crippen LogP contribution in [0.15, 0.2) is 42.1 Å². The highest BCUT2D eigenvalue weighted by molar-refractivity contribution is 5.91. The predicted octanol–water partition coefficient (Wildman–Crippen LogP) is 5.61. The first-order chi connectivity index (χ1) is 19.0. The summed E-state index contributed by atoms with van der Waals surface area (Å²) >= 11 is 0. The number of aromatic nitrogens is 1. The zero-order valence-electron chi connectivity index (χ0n) is 30.1. The van der Waals surface area contributed by atoms with E-state index in [9.17, 15) is 4.79 Å². The van der Waals surface area contributed by atoms with Crippen molar-refractivity contribution in [2.45, 2.75) is 58.5 Å². The van der Waals surface area contributed by atoms with Gasteiger partial charge in [-0.3, -0.25) is 9.78 Å². The van der Waals surface area contributed by atoms with E-state index in [0.717, 1.165) is 6.08 Å². The fourth-order valence-electron chi connectivity index (χ4n) is 5.01. The number of carbonyl (C=O) groups excluding carboxylic acids is 1. The maximum atomic E-state index is 12.4. The van der Waals surface area contributed by atoms with Gasteiger partial charge in [0.05, 0.1) is 6.85 Å². The van der Waals surface area contributed by atoms with Gasteiger partial charge < -0.3 is 0 Å². The standard InChI is InChI=1S/C24H29NO/c1-23-11-9-18(26)14-17(23)5-6-19-21-8-7-20(16-4-3-13-25-15-16)24(21,2)12-10-22(19)23/h3-4,7,13-15,19,21-22H,5-6,8-12H2,1-2H3/t19?,21?,22?,23-,24+/m0/s1/i1D3,2D3,3D,4D,5D,6D2,7D,8D2,13D,15D/t5?,19?,21?,22?,23-,24+. The van der Waals surface area contributed by atoms with Crippen LogP contribution >= 0.6 is 0 Å². The van der Waals surface area contributed by atoms with Crippen LogP contribution in [0.2, 0.25) is 0 Å². The highest BCUT2D eigenvalue weighted by Crippen LogP contribution is 2.66. The first-order valence-corrected chi connectivity index (χ1v) is 8.85. The molecule has 0 N–H and O–H groups in total. The van der Waals surface area contributed by atoms with Crippen molar-refractivity contribution >= 4 is 11.4 Å². The highest BCUT2D eigenvalue weighted by Gasteiger charge is 2.57. The van der Waals surface area contributed by atoms with Crippen LogP contribution < -0.4 is 0 Å². The van der Waals surface area contributed by atoms with Crippen molar-refractivity contribution in [1.82, 2.24) is 4.98 Å². The third kappa shape index (κ3) is 2.17. The Hall–Kier alpha value is -1.70. The van der Waals surface area contributed by atoms with E-state index in [1.807, 2.05) is 0 Å². The summed E-state index contributed by atoms with van der Waals surface area (Å²) in [7, 11) is 0. The van der Waals surface area contributed by atoms with Gasteiger partial charge in [-0.2, -0.15) is 0 Å². The number of rotatable bonds is 1. The van der Waals surface area contributed by atoms with Crippen molar-refractivity contribution in [3.63, 3.8) is 0 Å². The Kier molecular flexibility index (Phi) is 1.46. The van der Waals surface area contributed by atoms with Gasteiger partial charge in [-0.15, -0.1) is 0 Å². The minimum atomic E-state index is -3.17. The zero-order chi connectivity index (χ0) is 31.7. The maximum absolute atomic E-state index is 12.4. The highest BCUT2D eigenvalue weighted by atomic mass is 16.1. The molecule has 0 amide bonds. The van der Waals surface area contributed by atoms with Gasteiger partial charge in [0.25, 0.3) is 0 Å². The number of hydrogen-bond donors (Lipinski definition) is 0. The minimum absolute atomic E-state index is 0.197. The zero-order valence-corrected chi connectivity index (χ0v) is 14.1. The van der Waals surface area contributed by atoms with Crippen LogP contribution in [0.25, 0.3) is 5.57 Å². The Labute approximate surface area is 179 Å². The van der Waals surface area contributed by atoms with Crippen molar-refractivity contribution in [3.8, 4) is 0 Å². The van der Waals surface area contributed by atoms with Gasteiger partial charge in [0.15, 0.2) is 5.78 Å². The molecule has 0 spiro atoms. The Morgan fingerprint density at radius 3 is 3.12 bits per heavy atom. The van der Waals surface area contributed by atoms with E-state index in [1.165, 1.54) is 0 Å². The van der Waals surface area contributed by atoms with Gasteiger partial charge >= 0.3 is 0 Å². The van der Waals surface area contributed by atoms with E-state index in [1.54, 1.807) is 0 Å². The molecule has 1 aromatic heterocycles. The lowest BCUT2D eigenvalue weighted by atomic mass is 9.46. The molecule has 136 valence electrons. The molecule has 4 aliphatic carbocycles. The molecule has 4 unspecified atom stereocenters. The normalized spacial score (nSPS) is 58.6. The average molecular weight is 364 g/mol. The van der Waals surface area contributed by atoms with Crippen molar-refractivity contribution in [3.05, 3.63) is 47.7 Å².